The van der Waals surface area contributed by atoms with Crippen molar-refractivity contribution < 1.29 is 14.4 Å². The topological polar surface area (TPSA) is 81.8 Å². The van der Waals surface area contributed by atoms with Gasteiger partial charge in [0.05, 0.1) is 0 Å². The third kappa shape index (κ3) is 2.98. The van der Waals surface area contributed by atoms with Gasteiger partial charge in [0.2, 0.25) is 5.91 Å². The van der Waals surface area contributed by atoms with Gasteiger partial charge in [0.15, 0.2) is 0 Å². The highest BCUT2D eigenvalue weighted by molar-refractivity contribution is 6.35. The quantitative estimate of drug-likeness (QED) is 0.479. The number of nitrogens with one attached hydrogen (secondary N) is 2. The zero-order valence-electron chi connectivity index (χ0n) is 10.3. The first-order chi connectivity index (χ1) is 8.68. The van der Waals surface area contributed by atoms with Gasteiger partial charge in [-0.05, 0) is 0 Å². The van der Waals surface area contributed by atoms with Crippen LogP contribution in [0, 0.1) is 0 Å². The molecule has 0 unspecified atom stereocenters. The fourth-order valence-electron chi connectivity index (χ4n) is 2.11. The molecule has 0 bridgehead atoms. The molecule has 0 atom stereocenters. The Hall–Kier alpha value is -1.63. The highest BCUT2D eigenvalue weighted by Gasteiger charge is 2.28. The smallest absolute Gasteiger partial charge is 0.312 e. The summed E-state index contributed by atoms with van der Waals surface area (Å²) in [5.41, 5.74) is 0. The van der Waals surface area contributed by atoms with Gasteiger partial charge >= 0.3 is 11.8 Å². The van der Waals surface area contributed by atoms with E-state index in [9.17, 15) is 14.4 Å². The van der Waals surface area contributed by atoms with Crippen LogP contribution in [-0.2, 0) is 14.4 Å². The van der Waals surface area contributed by atoms with Crippen molar-refractivity contribution in [1.82, 2.24) is 20.4 Å². The molecule has 2 fully saturated rings. The van der Waals surface area contributed by atoms with Crippen molar-refractivity contribution in [2.75, 3.05) is 45.8 Å². The van der Waals surface area contributed by atoms with E-state index in [2.05, 4.69) is 10.6 Å². The van der Waals surface area contributed by atoms with Gasteiger partial charge in [-0.3, -0.25) is 14.4 Å². The van der Waals surface area contributed by atoms with Crippen LogP contribution in [0.3, 0.4) is 0 Å². The molecule has 2 aliphatic heterocycles. The molecule has 0 spiro atoms. The Morgan fingerprint density at radius 2 is 1.44 bits per heavy atom. The maximum atomic E-state index is 12.0. The van der Waals surface area contributed by atoms with E-state index in [-0.39, 0.29) is 12.3 Å². The number of carbonyl (C=O) groups excluding carboxylic acids is 3. The summed E-state index contributed by atoms with van der Waals surface area (Å²) in [5, 5.41) is 5.81. The summed E-state index contributed by atoms with van der Waals surface area (Å²) in [6, 6.07) is 0. The zero-order chi connectivity index (χ0) is 13.0. The van der Waals surface area contributed by atoms with E-state index in [0.717, 1.165) is 13.1 Å². The third-order valence-electron chi connectivity index (χ3n) is 3.19. The molecule has 100 valence electrons. The molecular weight excluding hydrogens is 236 g/mol. The van der Waals surface area contributed by atoms with Crippen LogP contribution in [0.4, 0.5) is 0 Å². The van der Waals surface area contributed by atoms with E-state index < -0.39 is 11.8 Å². The molecule has 18 heavy (non-hydrogen) atoms. The van der Waals surface area contributed by atoms with E-state index in [1.807, 2.05) is 0 Å². The van der Waals surface area contributed by atoms with Gasteiger partial charge < -0.3 is 20.4 Å². The third-order valence-corrected chi connectivity index (χ3v) is 3.19. The Bertz CT molecular complexity index is 352. The zero-order valence-corrected chi connectivity index (χ0v) is 10.3. The van der Waals surface area contributed by atoms with Crippen molar-refractivity contribution in [3.8, 4) is 0 Å². The molecule has 0 radical (unpaired) electrons. The van der Waals surface area contributed by atoms with Crippen LogP contribution in [0.1, 0.15) is 6.42 Å². The molecule has 0 saturated carbocycles. The second kappa shape index (κ2) is 5.81. The molecular formula is C11H18N4O3. The predicted octanol–water partition coefficient (Wildman–Crippen LogP) is -2.23. The maximum Gasteiger partial charge on any atom is 0.312 e. The summed E-state index contributed by atoms with van der Waals surface area (Å²) < 4.78 is 0. The lowest BCUT2D eigenvalue weighted by molar-refractivity contribution is -0.152. The van der Waals surface area contributed by atoms with Gasteiger partial charge in [0.25, 0.3) is 0 Å². The molecule has 2 rings (SSSR count). The van der Waals surface area contributed by atoms with E-state index in [1.54, 1.807) is 4.90 Å². The Morgan fingerprint density at radius 3 is 2.11 bits per heavy atom. The molecule has 0 aromatic carbocycles. The number of rotatable bonds is 0. The molecule has 3 amide bonds. The van der Waals surface area contributed by atoms with Crippen molar-refractivity contribution in [2.24, 2.45) is 0 Å². The van der Waals surface area contributed by atoms with Crippen LogP contribution in [0.2, 0.25) is 0 Å². The minimum Gasteiger partial charge on any atom is -0.354 e. The van der Waals surface area contributed by atoms with E-state index in [4.69, 9.17) is 0 Å². The second-order valence-corrected chi connectivity index (χ2v) is 4.43. The van der Waals surface area contributed by atoms with Crippen molar-refractivity contribution in [3.63, 3.8) is 0 Å². The molecule has 7 heteroatoms. The Kier molecular flexibility index (Phi) is 4.14. The number of hydrogen-bond donors (Lipinski definition) is 2. The van der Waals surface area contributed by atoms with Crippen LogP contribution in [0.15, 0.2) is 0 Å². The average molecular weight is 254 g/mol. The van der Waals surface area contributed by atoms with E-state index in [0.29, 0.717) is 32.7 Å². The minimum absolute atomic E-state index is 0.0695. The van der Waals surface area contributed by atoms with Crippen molar-refractivity contribution in [1.29, 1.82) is 0 Å². The summed E-state index contributed by atoms with van der Waals surface area (Å²) in [7, 11) is 0. The highest BCUT2D eigenvalue weighted by atomic mass is 16.2. The Morgan fingerprint density at radius 1 is 0.889 bits per heavy atom. The lowest BCUT2D eigenvalue weighted by Crippen LogP contribution is -2.52. The van der Waals surface area contributed by atoms with Crippen LogP contribution in [0.25, 0.3) is 0 Å². The predicted molar refractivity (Wildman–Crippen MR) is 63.7 cm³/mol. The lowest BCUT2D eigenvalue weighted by atomic mass is 10.3. The summed E-state index contributed by atoms with van der Waals surface area (Å²) >= 11 is 0. The summed E-state index contributed by atoms with van der Waals surface area (Å²) in [5.74, 6) is -1.01. The fourth-order valence-corrected chi connectivity index (χ4v) is 2.11. The van der Waals surface area contributed by atoms with Gasteiger partial charge in [-0.2, -0.15) is 0 Å². The van der Waals surface area contributed by atoms with Crippen LogP contribution < -0.4 is 10.6 Å². The van der Waals surface area contributed by atoms with Crippen molar-refractivity contribution >= 4 is 17.7 Å². The largest absolute Gasteiger partial charge is 0.354 e. The molecule has 0 aromatic heterocycles. The average Bonchev–Trinajstić information content (AvgIpc) is 2.63. The SMILES string of the molecule is O=C1CCN(C(=O)C(=O)N2CCNCC2)CCN1. The minimum atomic E-state index is -0.492. The second-order valence-electron chi connectivity index (χ2n) is 4.43. The molecule has 0 aliphatic carbocycles. The van der Waals surface area contributed by atoms with Gasteiger partial charge in [0, 0.05) is 52.2 Å². The maximum absolute atomic E-state index is 12.0. The number of hydrogen-bond acceptors (Lipinski definition) is 4. The number of amides is 3. The first kappa shape index (κ1) is 12.8. The van der Waals surface area contributed by atoms with Crippen LogP contribution in [-0.4, -0.2) is 73.3 Å². The van der Waals surface area contributed by atoms with Gasteiger partial charge in [0.1, 0.15) is 0 Å². The number of carbonyl (C=O) groups is 3. The standard InChI is InChI=1S/C11H18N4O3/c16-9-1-5-14(8-4-13-9)10(17)11(18)15-6-2-12-3-7-15/h12H,1-8H2,(H,13,16). The molecule has 2 aliphatic rings. The monoisotopic (exact) mass is 254 g/mol. The van der Waals surface area contributed by atoms with Crippen LogP contribution in [0.5, 0.6) is 0 Å². The Labute approximate surface area is 105 Å². The van der Waals surface area contributed by atoms with E-state index >= 15 is 0 Å². The first-order valence-electron chi connectivity index (χ1n) is 6.24. The molecule has 2 saturated heterocycles. The number of nitrogens with zero attached hydrogens (tertiary/aromatic N) is 2. The van der Waals surface area contributed by atoms with Gasteiger partial charge in [-0.15, -0.1) is 0 Å². The first-order valence-corrected chi connectivity index (χ1v) is 6.24. The van der Waals surface area contributed by atoms with E-state index in [1.165, 1.54) is 4.90 Å². The van der Waals surface area contributed by atoms with Crippen molar-refractivity contribution in [3.05, 3.63) is 0 Å². The fraction of sp³-hybridized carbons (Fsp3) is 0.727. The van der Waals surface area contributed by atoms with Crippen LogP contribution >= 0.6 is 0 Å². The molecule has 2 N–H and O–H groups in total. The molecule has 2 heterocycles. The normalized spacial score (nSPS) is 21.2. The summed E-state index contributed by atoms with van der Waals surface area (Å²) in [4.78, 5) is 38.2. The molecule has 0 aromatic rings. The highest BCUT2D eigenvalue weighted by Crippen LogP contribution is 2.02. The van der Waals surface area contributed by atoms with Crippen molar-refractivity contribution in [2.45, 2.75) is 6.42 Å². The summed E-state index contributed by atoms with van der Waals surface area (Å²) in [6.45, 7) is 3.72. The molecule has 7 nitrogen and oxygen atoms in total. The van der Waals surface area contributed by atoms with Gasteiger partial charge in [-0.1, -0.05) is 0 Å². The van der Waals surface area contributed by atoms with Gasteiger partial charge in [-0.25, -0.2) is 0 Å². The Balaban J connectivity index is 1.92. The summed E-state index contributed by atoms with van der Waals surface area (Å²) in [6.07, 6.45) is 0.264. The lowest BCUT2D eigenvalue weighted by Gasteiger charge is -2.29. The number of piperazine rings is 1.